The van der Waals surface area contributed by atoms with E-state index in [9.17, 15) is 0 Å². The number of rotatable bonds is 7. The normalized spacial score (nSPS) is 15.7. The number of imidazole rings is 1. The highest BCUT2D eigenvalue weighted by atomic mass is 35.5. The van der Waals surface area contributed by atoms with Crippen molar-refractivity contribution in [3.05, 3.63) is 68.7 Å². The Kier molecular flexibility index (Phi) is 10.5. The van der Waals surface area contributed by atoms with Crippen molar-refractivity contribution in [3.63, 3.8) is 0 Å². The summed E-state index contributed by atoms with van der Waals surface area (Å²) in [5.74, 6) is 1.53. The Hall–Kier alpha value is -2.09. The van der Waals surface area contributed by atoms with Crippen molar-refractivity contribution in [2.75, 3.05) is 32.8 Å². The predicted molar refractivity (Wildman–Crippen MR) is 160 cm³/mol. The fraction of sp³-hybridized carbons (Fsp3) is 0.393. The number of aryl methyl sites for hydroxylation is 1. The molecule has 2 aromatic carbocycles. The molecule has 1 saturated heterocycles. The summed E-state index contributed by atoms with van der Waals surface area (Å²) < 4.78 is 7.90. The summed E-state index contributed by atoms with van der Waals surface area (Å²) in [4.78, 5) is 9.30. The first-order valence-corrected chi connectivity index (χ1v) is 14.5. The number of nitrogens with zero attached hydrogens (tertiary/aromatic N) is 4. The summed E-state index contributed by atoms with van der Waals surface area (Å²) in [6.45, 7) is 7.00. The van der Waals surface area contributed by atoms with Gasteiger partial charge in [-0.1, -0.05) is 72.1 Å². The highest BCUT2D eigenvalue weighted by molar-refractivity contribution is 6.43. The van der Waals surface area contributed by atoms with E-state index in [0.717, 1.165) is 49.6 Å². The van der Waals surface area contributed by atoms with Crippen LogP contribution in [-0.4, -0.2) is 52.1 Å². The van der Waals surface area contributed by atoms with Crippen LogP contribution in [-0.2, 0) is 6.54 Å². The van der Waals surface area contributed by atoms with E-state index >= 15 is 0 Å². The van der Waals surface area contributed by atoms with Crippen LogP contribution in [0.15, 0.2) is 42.7 Å². The molecule has 0 spiro atoms. The van der Waals surface area contributed by atoms with Crippen molar-refractivity contribution in [3.8, 4) is 5.75 Å². The average molecular weight is 598 g/mol. The van der Waals surface area contributed by atoms with Crippen LogP contribution < -0.4 is 10.5 Å². The molecule has 5 rings (SSSR count). The number of halogens is 4. The van der Waals surface area contributed by atoms with Crippen molar-refractivity contribution in [2.45, 2.75) is 39.2 Å². The van der Waals surface area contributed by atoms with E-state index < -0.39 is 0 Å². The topological polar surface area (TPSA) is 61.2 Å². The molecule has 0 bridgehead atoms. The van der Waals surface area contributed by atoms with Gasteiger partial charge in [0.1, 0.15) is 12.4 Å². The number of benzene rings is 2. The maximum Gasteiger partial charge on any atom is 0.181 e. The smallest absolute Gasteiger partial charge is 0.181 e. The quantitative estimate of drug-likeness (QED) is 0.311. The van der Waals surface area contributed by atoms with E-state index in [2.05, 4.69) is 45.5 Å². The van der Waals surface area contributed by atoms with Gasteiger partial charge in [0.2, 0.25) is 0 Å². The standard InChI is InChI=1S/C24H25Cl4N5O.C4H8/c1-2-33-22-14-18(27)17(26)13-21(22)30-24(33)4-6-32-9-7-31(8-10-32)5-3-11-34-23-15-19(28)16(25)12-20(23)29;1-2-4-3-1/h3-6,12-15H,2,7-11,29H2,1H3;1-4H2/p+1/b5-3+,6-4+;. The summed E-state index contributed by atoms with van der Waals surface area (Å²) in [5, 5.41) is 1.99. The van der Waals surface area contributed by atoms with Gasteiger partial charge in [-0.05, 0) is 37.4 Å². The van der Waals surface area contributed by atoms with E-state index in [4.69, 9.17) is 56.1 Å². The van der Waals surface area contributed by atoms with Gasteiger partial charge in [-0.25, -0.2) is 4.98 Å². The molecule has 10 heteroatoms. The summed E-state index contributed by atoms with van der Waals surface area (Å²) >= 11 is 24.4. The molecule has 0 radical (unpaired) electrons. The zero-order valence-corrected chi connectivity index (χ0v) is 24.6. The second kappa shape index (κ2) is 13.8. The Labute approximate surface area is 244 Å². The number of hydrogen-bond acceptors (Lipinski definition) is 4. The Morgan fingerprint density at radius 3 is 2.05 bits per heavy atom. The molecular weight excluding hydrogens is 564 g/mol. The molecule has 2 aliphatic rings. The minimum absolute atomic E-state index is 0.432. The number of fused-ring (bicyclic) bond motifs is 1. The summed E-state index contributed by atoms with van der Waals surface area (Å²) in [7, 11) is 0. The maximum absolute atomic E-state index is 6.20. The molecule has 0 amide bonds. The molecule has 1 saturated carbocycles. The Morgan fingerprint density at radius 1 is 0.842 bits per heavy atom. The monoisotopic (exact) mass is 596 g/mol. The number of hydrogen-bond donors (Lipinski definition) is 1. The maximum atomic E-state index is 6.20. The molecule has 204 valence electrons. The molecule has 1 aliphatic heterocycles. The number of ether oxygens (including phenoxy) is 1. The second-order valence-electron chi connectivity index (χ2n) is 9.34. The Bertz CT molecular complexity index is 1290. The van der Waals surface area contributed by atoms with Gasteiger partial charge < -0.3 is 24.8 Å². The molecule has 38 heavy (non-hydrogen) atoms. The van der Waals surface area contributed by atoms with Gasteiger partial charge in [-0.3, -0.25) is 0 Å². The third-order valence-corrected chi connectivity index (χ3v) is 8.12. The molecule has 0 unspecified atom stereocenters. The van der Waals surface area contributed by atoms with Gasteiger partial charge in [0.05, 0.1) is 31.1 Å². The van der Waals surface area contributed by atoms with E-state index in [0.29, 0.717) is 38.1 Å². The molecular formula is C28H34Cl4N5O+. The first-order valence-electron chi connectivity index (χ1n) is 13.0. The SMILES string of the molecule is C1CCC1.CCn1c(/C=C/N2CCN(/C=C/COc3cc(Cl)c(Cl)cc3[NH3+])CC2)nc2cc(Cl)c(Cl)cc21. The van der Waals surface area contributed by atoms with Crippen molar-refractivity contribution >= 4 is 69.2 Å². The molecule has 6 nitrogen and oxygen atoms in total. The molecule has 3 aromatic rings. The van der Waals surface area contributed by atoms with Crippen molar-refractivity contribution in [1.29, 1.82) is 0 Å². The third kappa shape index (κ3) is 7.51. The van der Waals surface area contributed by atoms with Crippen molar-refractivity contribution in [1.82, 2.24) is 19.4 Å². The predicted octanol–water partition coefficient (Wildman–Crippen LogP) is 7.28. The highest BCUT2D eigenvalue weighted by Gasteiger charge is 2.14. The second-order valence-corrected chi connectivity index (χ2v) is 11.0. The summed E-state index contributed by atoms with van der Waals surface area (Å²) in [6, 6.07) is 7.09. The van der Waals surface area contributed by atoms with Crippen LogP contribution in [0, 0.1) is 0 Å². The van der Waals surface area contributed by atoms with E-state index in [1.807, 2.05) is 18.2 Å². The van der Waals surface area contributed by atoms with E-state index in [-0.39, 0.29) is 0 Å². The van der Waals surface area contributed by atoms with E-state index in [1.54, 1.807) is 12.1 Å². The fourth-order valence-electron chi connectivity index (χ4n) is 4.09. The minimum Gasteiger partial charge on any atom is -0.483 e. The van der Waals surface area contributed by atoms with Crippen LogP contribution >= 0.6 is 46.4 Å². The number of quaternary nitrogens is 1. The minimum atomic E-state index is 0.432. The van der Waals surface area contributed by atoms with E-state index in [1.165, 1.54) is 25.7 Å². The summed E-state index contributed by atoms with van der Waals surface area (Å²) in [5.41, 5.74) is 6.48. The van der Waals surface area contributed by atoms with Gasteiger partial charge in [0, 0.05) is 51.1 Å². The highest BCUT2D eigenvalue weighted by Crippen LogP contribution is 2.31. The number of aromatic nitrogens is 2. The molecule has 2 fully saturated rings. The van der Waals surface area contributed by atoms with Crippen molar-refractivity contribution in [2.24, 2.45) is 0 Å². The van der Waals surface area contributed by atoms with Crippen LogP contribution in [0.5, 0.6) is 5.75 Å². The van der Waals surface area contributed by atoms with Crippen LogP contribution in [0.2, 0.25) is 20.1 Å². The molecule has 3 N–H and O–H groups in total. The largest absolute Gasteiger partial charge is 0.483 e. The molecule has 2 heterocycles. The van der Waals surface area contributed by atoms with Gasteiger partial charge in [0.15, 0.2) is 11.4 Å². The first kappa shape index (κ1) is 28.9. The molecule has 0 atom stereocenters. The van der Waals surface area contributed by atoms with Crippen LogP contribution in [0.25, 0.3) is 17.1 Å². The Morgan fingerprint density at radius 2 is 1.42 bits per heavy atom. The number of piperazine rings is 1. The van der Waals surface area contributed by atoms with Gasteiger partial charge >= 0.3 is 0 Å². The lowest BCUT2D eigenvalue weighted by molar-refractivity contribution is -0.256. The third-order valence-electron chi connectivity index (χ3n) is 6.67. The lowest BCUT2D eigenvalue weighted by atomic mass is 10.0. The van der Waals surface area contributed by atoms with Crippen LogP contribution in [0.3, 0.4) is 0 Å². The zero-order chi connectivity index (χ0) is 27.1. The lowest BCUT2D eigenvalue weighted by Gasteiger charge is -2.33. The zero-order valence-electron chi connectivity index (χ0n) is 21.6. The van der Waals surface area contributed by atoms with Gasteiger partial charge in [0.25, 0.3) is 0 Å². The Balaban J connectivity index is 0.000000768. The first-order chi connectivity index (χ1) is 18.4. The molecule has 1 aliphatic carbocycles. The fourth-order valence-corrected chi connectivity index (χ4v) is 4.75. The van der Waals surface area contributed by atoms with Crippen LogP contribution in [0.4, 0.5) is 5.69 Å². The van der Waals surface area contributed by atoms with Crippen molar-refractivity contribution < 1.29 is 10.5 Å². The summed E-state index contributed by atoms with van der Waals surface area (Å²) in [6.07, 6.45) is 14.2. The lowest BCUT2D eigenvalue weighted by Crippen LogP contribution is -2.41. The van der Waals surface area contributed by atoms with Gasteiger partial charge in [-0.15, -0.1) is 0 Å². The molecule has 1 aromatic heterocycles. The average Bonchev–Trinajstić information content (AvgIpc) is 3.19. The van der Waals surface area contributed by atoms with Crippen LogP contribution in [0.1, 0.15) is 38.4 Å². The van der Waals surface area contributed by atoms with Gasteiger partial charge in [-0.2, -0.15) is 0 Å².